The van der Waals surface area contributed by atoms with E-state index in [0.29, 0.717) is 52.6 Å². The number of hydrogen-bond acceptors (Lipinski definition) is 5. The molecule has 0 unspecified atom stereocenters. The molecule has 0 aliphatic rings. The molecule has 2 aromatic heterocycles. The average molecular weight is 431 g/mol. The number of nitrogens with zero attached hydrogens (tertiary/aromatic N) is 1. The summed E-state index contributed by atoms with van der Waals surface area (Å²) in [6, 6.07) is 15.0. The number of fused-ring (bicyclic) bond motifs is 2. The molecule has 0 aliphatic carbocycles. The van der Waals surface area contributed by atoms with Crippen molar-refractivity contribution in [1.29, 1.82) is 0 Å². The minimum atomic E-state index is -0.486. The second-order valence-electron chi connectivity index (χ2n) is 7.09. The molecular weight excluding hydrogens is 406 g/mol. The molecule has 0 amide bonds. The Labute approximate surface area is 186 Å². The van der Waals surface area contributed by atoms with Crippen molar-refractivity contribution >= 4 is 28.5 Å². The van der Waals surface area contributed by atoms with Gasteiger partial charge in [0.25, 0.3) is 0 Å². The van der Waals surface area contributed by atoms with Crippen molar-refractivity contribution in [3.63, 3.8) is 0 Å². The zero-order valence-electron chi connectivity index (χ0n) is 18.4. The van der Waals surface area contributed by atoms with Gasteiger partial charge in [-0.15, -0.1) is 0 Å². The maximum absolute atomic E-state index is 13.1. The summed E-state index contributed by atoms with van der Waals surface area (Å²) in [7, 11) is 0. The van der Waals surface area contributed by atoms with Gasteiger partial charge in [-0.2, -0.15) is 0 Å². The van der Waals surface area contributed by atoms with Crippen molar-refractivity contribution in [2.75, 3.05) is 19.8 Å². The van der Waals surface area contributed by atoms with Crippen molar-refractivity contribution in [2.24, 2.45) is 0 Å². The van der Waals surface area contributed by atoms with E-state index in [2.05, 4.69) is 0 Å². The van der Waals surface area contributed by atoms with Gasteiger partial charge >= 0.3 is 5.97 Å². The molecule has 0 aliphatic heterocycles. The monoisotopic (exact) mass is 431 g/mol. The number of benzene rings is 2. The van der Waals surface area contributed by atoms with Gasteiger partial charge in [-0.3, -0.25) is 4.79 Å². The van der Waals surface area contributed by atoms with E-state index in [-0.39, 0.29) is 6.61 Å². The number of carbonyl (C=O) groups excluding carboxylic acids is 2. The number of aromatic nitrogens is 1. The Kier molecular flexibility index (Phi) is 6.12. The molecule has 0 spiro atoms. The second-order valence-corrected chi connectivity index (χ2v) is 7.09. The lowest BCUT2D eigenvalue weighted by Crippen LogP contribution is -2.07. The molecule has 0 atom stereocenters. The third-order valence-electron chi connectivity index (χ3n) is 5.29. The fraction of sp³-hybridized carbons (Fsp3) is 0.231. The number of pyridine rings is 1. The van der Waals surface area contributed by atoms with Crippen molar-refractivity contribution in [2.45, 2.75) is 20.8 Å². The normalized spacial score (nSPS) is 11.0. The molecule has 32 heavy (non-hydrogen) atoms. The SMILES string of the molecule is CCOC(=O)c1c(-c2c(OCC)cc(OCC)c3ccccc23)c(C=O)n2ccccc12. The number of esters is 1. The molecule has 4 rings (SSSR count). The van der Waals surface area contributed by atoms with Crippen molar-refractivity contribution in [3.8, 4) is 22.6 Å². The lowest BCUT2D eigenvalue weighted by Gasteiger charge is -2.18. The Morgan fingerprint density at radius 2 is 1.56 bits per heavy atom. The third-order valence-corrected chi connectivity index (χ3v) is 5.29. The topological polar surface area (TPSA) is 66.2 Å². The molecule has 6 nitrogen and oxygen atoms in total. The first-order chi connectivity index (χ1) is 15.7. The Balaban J connectivity index is 2.20. The van der Waals surface area contributed by atoms with Crippen LogP contribution in [-0.2, 0) is 4.74 Å². The Hall–Kier alpha value is -3.80. The quantitative estimate of drug-likeness (QED) is 0.270. The van der Waals surface area contributed by atoms with Crippen LogP contribution in [0.3, 0.4) is 0 Å². The van der Waals surface area contributed by atoms with Crippen LogP contribution in [-0.4, -0.2) is 36.5 Å². The van der Waals surface area contributed by atoms with E-state index in [1.807, 2.05) is 56.3 Å². The Bertz CT molecular complexity index is 1300. The van der Waals surface area contributed by atoms with Crippen LogP contribution in [0.5, 0.6) is 11.5 Å². The highest BCUT2D eigenvalue weighted by molar-refractivity contribution is 6.15. The fourth-order valence-electron chi connectivity index (χ4n) is 4.13. The van der Waals surface area contributed by atoms with Gasteiger partial charge < -0.3 is 18.6 Å². The summed E-state index contributed by atoms with van der Waals surface area (Å²) < 4.78 is 19.0. The summed E-state index contributed by atoms with van der Waals surface area (Å²) >= 11 is 0. The van der Waals surface area contributed by atoms with E-state index in [1.54, 1.807) is 23.6 Å². The minimum absolute atomic E-state index is 0.223. The van der Waals surface area contributed by atoms with Gasteiger partial charge in [0.2, 0.25) is 0 Å². The van der Waals surface area contributed by atoms with Gasteiger partial charge in [-0.25, -0.2) is 4.79 Å². The van der Waals surface area contributed by atoms with Crippen LogP contribution in [0.25, 0.3) is 27.4 Å². The highest BCUT2D eigenvalue weighted by Gasteiger charge is 2.29. The summed E-state index contributed by atoms with van der Waals surface area (Å²) in [4.78, 5) is 25.5. The predicted molar refractivity (Wildman–Crippen MR) is 124 cm³/mol. The molecular formula is C26H25NO5. The number of hydrogen-bond donors (Lipinski definition) is 0. The van der Waals surface area contributed by atoms with E-state index >= 15 is 0 Å². The summed E-state index contributed by atoms with van der Waals surface area (Å²) in [6.45, 7) is 6.71. The summed E-state index contributed by atoms with van der Waals surface area (Å²) in [5.41, 5.74) is 2.46. The van der Waals surface area contributed by atoms with Crippen molar-refractivity contribution in [3.05, 3.63) is 66.0 Å². The zero-order chi connectivity index (χ0) is 22.7. The number of aldehydes is 1. The van der Waals surface area contributed by atoms with E-state index < -0.39 is 5.97 Å². The molecule has 0 fully saturated rings. The molecule has 6 heteroatoms. The largest absolute Gasteiger partial charge is 0.493 e. The second kappa shape index (κ2) is 9.14. The standard InChI is InChI=1S/C26H25NO5/c1-4-30-21-15-22(31-5-2)23(18-12-8-7-11-17(18)21)24-20(16-28)27-14-10-9-13-19(27)25(24)26(29)32-6-3/h7-16H,4-6H2,1-3H3. The van der Waals surface area contributed by atoms with Crippen LogP contribution in [0.4, 0.5) is 0 Å². The highest BCUT2D eigenvalue weighted by atomic mass is 16.5. The van der Waals surface area contributed by atoms with E-state index in [1.165, 1.54) is 0 Å². The van der Waals surface area contributed by atoms with Gasteiger partial charge in [0.05, 0.1) is 36.6 Å². The van der Waals surface area contributed by atoms with Gasteiger partial charge in [-0.05, 0) is 38.3 Å². The maximum atomic E-state index is 13.1. The van der Waals surface area contributed by atoms with Gasteiger partial charge in [-0.1, -0.05) is 30.3 Å². The number of carbonyl (C=O) groups is 2. The lowest BCUT2D eigenvalue weighted by molar-refractivity contribution is 0.0529. The van der Waals surface area contributed by atoms with Crippen LogP contribution in [0, 0.1) is 0 Å². The highest BCUT2D eigenvalue weighted by Crippen LogP contribution is 2.46. The minimum Gasteiger partial charge on any atom is -0.493 e. The van der Waals surface area contributed by atoms with Gasteiger partial charge in [0.1, 0.15) is 11.5 Å². The third kappa shape index (κ3) is 3.47. The van der Waals surface area contributed by atoms with E-state index in [9.17, 15) is 9.59 Å². The number of rotatable bonds is 8. The van der Waals surface area contributed by atoms with Gasteiger partial charge in [0.15, 0.2) is 6.29 Å². The smallest absolute Gasteiger partial charge is 0.340 e. The molecule has 2 heterocycles. The maximum Gasteiger partial charge on any atom is 0.340 e. The number of ether oxygens (including phenoxy) is 3. The molecule has 164 valence electrons. The van der Waals surface area contributed by atoms with Crippen LogP contribution >= 0.6 is 0 Å². The predicted octanol–water partition coefficient (Wildman–Crippen LogP) is 5.55. The summed E-state index contributed by atoms with van der Waals surface area (Å²) in [5, 5.41) is 1.70. The van der Waals surface area contributed by atoms with E-state index in [0.717, 1.165) is 17.1 Å². The molecule has 0 radical (unpaired) electrons. The molecule has 0 bridgehead atoms. The average Bonchev–Trinajstić information content (AvgIpc) is 3.13. The Morgan fingerprint density at radius 1 is 0.875 bits per heavy atom. The summed E-state index contributed by atoms with van der Waals surface area (Å²) in [6.07, 6.45) is 2.54. The van der Waals surface area contributed by atoms with Crippen molar-refractivity contribution < 1.29 is 23.8 Å². The first kappa shape index (κ1) is 21.4. The molecule has 0 N–H and O–H groups in total. The van der Waals surface area contributed by atoms with Crippen LogP contribution < -0.4 is 9.47 Å². The summed E-state index contributed by atoms with van der Waals surface area (Å²) in [5.74, 6) is 0.739. The molecule has 2 aromatic carbocycles. The molecule has 0 saturated carbocycles. The van der Waals surface area contributed by atoms with E-state index in [4.69, 9.17) is 14.2 Å². The van der Waals surface area contributed by atoms with Crippen molar-refractivity contribution in [1.82, 2.24) is 4.40 Å². The van der Waals surface area contributed by atoms with Gasteiger partial charge in [0, 0.05) is 28.8 Å². The molecule has 4 aromatic rings. The first-order valence-electron chi connectivity index (χ1n) is 10.7. The molecule has 0 saturated heterocycles. The first-order valence-corrected chi connectivity index (χ1v) is 10.7. The van der Waals surface area contributed by atoms with Crippen LogP contribution in [0.1, 0.15) is 41.6 Å². The Morgan fingerprint density at radius 3 is 2.25 bits per heavy atom. The van der Waals surface area contributed by atoms with Crippen LogP contribution in [0.2, 0.25) is 0 Å². The lowest BCUT2D eigenvalue weighted by atomic mass is 9.93. The van der Waals surface area contributed by atoms with Crippen LogP contribution in [0.15, 0.2) is 54.7 Å². The fourth-order valence-corrected chi connectivity index (χ4v) is 4.13. The zero-order valence-corrected chi connectivity index (χ0v) is 18.4.